The fourth-order valence-corrected chi connectivity index (χ4v) is 1.99. The average Bonchev–Trinajstić information content (AvgIpc) is 2.39. The molecule has 98 valence electrons. The lowest BCUT2D eigenvalue weighted by Crippen LogP contribution is -2.03. The lowest BCUT2D eigenvalue weighted by atomic mass is 10.2. The quantitative estimate of drug-likeness (QED) is 0.893. The van der Waals surface area contributed by atoms with Gasteiger partial charge in [-0.15, -0.1) is 0 Å². The predicted molar refractivity (Wildman–Crippen MR) is 75.7 cm³/mol. The molecule has 0 unspecified atom stereocenters. The predicted octanol–water partition coefficient (Wildman–Crippen LogP) is 4.14. The fourth-order valence-electron chi connectivity index (χ4n) is 1.52. The molecule has 0 aliphatic heterocycles. The monoisotopic (exact) mass is 296 g/mol. The van der Waals surface area contributed by atoms with Crippen molar-refractivity contribution in [2.24, 2.45) is 0 Å². The molecule has 1 aromatic heterocycles. The van der Waals surface area contributed by atoms with Gasteiger partial charge in [0.15, 0.2) is 5.69 Å². The molecular formula is C13H10Cl2N2O2. The van der Waals surface area contributed by atoms with Crippen molar-refractivity contribution >= 4 is 40.7 Å². The highest BCUT2D eigenvalue weighted by molar-refractivity contribution is 6.39. The SMILES string of the molecule is Cc1ccc(Cl)c(Nc2cccc(C(=O)O)n2)c1Cl. The first-order valence-corrected chi connectivity index (χ1v) is 6.16. The van der Waals surface area contributed by atoms with Crippen LogP contribution in [0.25, 0.3) is 0 Å². The number of carbonyl (C=O) groups is 1. The minimum absolute atomic E-state index is 0.0510. The Kier molecular flexibility index (Phi) is 3.93. The van der Waals surface area contributed by atoms with Crippen LogP contribution in [0.1, 0.15) is 16.1 Å². The van der Waals surface area contributed by atoms with E-state index in [4.69, 9.17) is 28.3 Å². The molecule has 0 bridgehead atoms. The Labute approximate surface area is 120 Å². The second-order valence-corrected chi connectivity index (χ2v) is 4.68. The van der Waals surface area contributed by atoms with Gasteiger partial charge >= 0.3 is 5.97 Å². The van der Waals surface area contributed by atoms with E-state index >= 15 is 0 Å². The van der Waals surface area contributed by atoms with Gasteiger partial charge in [-0.1, -0.05) is 35.3 Å². The molecule has 2 aromatic rings. The first kappa shape index (κ1) is 13.6. The van der Waals surface area contributed by atoms with E-state index in [1.807, 2.05) is 6.92 Å². The molecule has 2 rings (SSSR count). The third-order valence-corrected chi connectivity index (χ3v) is 3.31. The largest absolute Gasteiger partial charge is 0.477 e. The van der Waals surface area contributed by atoms with Crippen LogP contribution < -0.4 is 5.32 Å². The van der Waals surface area contributed by atoms with Gasteiger partial charge in [0.05, 0.1) is 15.7 Å². The average molecular weight is 297 g/mol. The van der Waals surface area contributed by atoms with Gasteiger partial charge < -0.3 is 10.4 Å². The van der Waals surface area contributed by atoms with Gasteiger partial charge in [-0.05, 0) is 30.7 Å². The van der Waals surface area contributed by atoms with E-state index in [2.05, 4.69) is 10.3 Å². The van der Waals surface area contributed by atoms with E-state index in [0.717, 1.165) is 5.56 Å². The van der Waals surface area contributed by atoms with Gasteiger partial charge in [0.1, 0.15) is 5.82 Å². The van der Waals surface area contributed by atoms with Gasteiger partial charge in [-0.2, -0.15) is 0 Å². The lowest BCUT2D eigenvalue weighted by Gasteiger charge is -2.11. The number of pyridine rings is 1. The second-order valence-electron chi connectivity index (χ2n) is 3.89. The maximum Gasteiger partial charge on any atom is 0.354 e. The molecular weight excluding hydrogens is 287 g/mol. The molecule has 0 aliphatic rings. The number of aromatic nitrogens is 1. The number of nitrogens with zero attached hydrogens (tertiary/aromatic N) is 1. The van der Waals surface area contributed by atoms with Crippen LogP contribution >= 0.6 is 23.2 Å². The number of carboxylic acids is 1. The normalized spacial score (nSPS) is 10.3. The van der Waals surface area contributed by atoms with E-state index in [0.29, 0.717) is 21.6 Å². The number of halogens is 2. The molecule has 0 radical (unpaired) electrons. The van der Waals surface area contributed by atoms with Crippen LogP contribution in [0.5, 0.6) is 0 Å². The highest BCUT2D eigenvalue weighted by atomic mass is 35.5. The standard InChI is InChI=1S/C13H10Cl2N2O2/c1-7-5-6-8(14)12(11(7)15)17-10-4-2-3-9(16-10)13(18)19/h2-6H,1H3,(H,16,17)(H,18,19). The Morgan fingerprint density at radius 1 is 1.26 bits per heavy atom. The number of benzene rings is 1. The summed E-state index contributed by atoms with van der Waals surface area (Å²) >= 11 is 12.2. The molecule has 0 spiro atoms. The minimum Gasteiger partial charge on any atom is -0.477 e. The van der Waals surface area contributed by atoms with Crippen molar-refractivity contribution in [3.05, 3.63) is 51.6 Å². The summed E-state index contributed by atoms with van der Waals surface area (Å²) in [5.41, 5.74) is 1.33. The third-order valence-electron chi connectivity index (χ3n) is 2.51. The summed E-state index contributed by atoms with van der Waals surface area (Å²) in [6, 6.07) is 8.16. The van der Waals surface area contributed by atoms with Crippen molar-refractivity contribution in [2.45, 2.75) is 6.92 Å². The van der Waals surface area contributed by atoms with Crippen molar-refractivity contribution < 1.29 is 9.90 Å². The van der Waals surface area contributed by atoms with E-state index in [9.17, 15) is 4.79 Å². The van der Waals surface area contributed by atoms with Crippen LogP contribution in [-0.2, 0) is 0 Å². The molecule has 0 amide bonds. The Balaban J connectivity index is 2.39. The smallest absolute Gasteiger partial charge is 0.354 e. The molecule has 4 nitrogen and oxygen atoms in total. The van der Waals surface area contributed by atoms with Crippen LogP contribution in [0, 0.1) is 6.92 Å². The third kappa shape index (κ3) is 2.97. The van der Waals surface area contributed by atoms with Crippen molar-refractivity contribution in [2.75, 3.05) is 5.32 Å². The summed E-state index contributed by atoms with van der Waals surface area (Å²) in [5, 5.41) is 12.7. The fraction of sp³-hybridized carbons (Fsp3) is 0.0769. The van der Waals surface area contributed by atoms with E-state index in [1.54, 1.807) is 24.3 Å². The number of aromatic carboxylic acids is 1. The van der Waals surface area contributed by atoms with Gasteiger partial charge in [-0.3, -0.25) is 0 Å². The van der Waals surface area contributed by atoms with Crippen LogP contribution in [0.3, 0.4) is 0 Å². The topological polar surface area (TPSA) is 62.2 Å². The molecule has 19 heavy (non-hydrogen) atoms. The molecule has 1 aromatic carbocycles. The summed E-state index contributed by atoms with van der Waals surface area (Å²) in [6.07, 6.45) is 0. The molecule has 0 atom stereocenters. The summed E-state index contributed by atoms with van der Waals surface area (Å²) < 4.78 is 0. The molecule has 0 fully saturated rings. The zero-order valence-corrected chi connectivity index (χ0v) is 11.5. The number of rotatable bonds is 3. The highest BCUT2D eigenvalue weighted by Crippen LogP contribution is 2.34. The van der Waals surface area contributed by atoms with Gasteiger partial charge in [0.25, 0.3) is 0 Å². The van der Waals surface area contributed by atoms with E-state index in [-0.39, 0.29) is 5.69 Å². The molecule has 0 aliphatic carbocycles. The number of hydrogen-bond acceptors (Lipinski definition) is 3. The summed E-state index contributed by atoms with van der Waals surface area (Å²) in [4.78, 5) is 14.8. The Morgan fingerprint density at radius 3 is 2.68 bits per heavy atom. The van der Waals surface area contributed by atoms with Crippen LogP contribution in [0.4, 0.5) is 11.5 Å². The number of nitrogens with one attached hydrogen (secondary N) is 1. The van der Waals surface area contributed by atoms with Crippen LogP contribution in [-0.4, -0.2) is 16.1 Å². The highest BCUT2D eigenvalue weighted by Gasteiger charge is 2.10. The van der Waals surface area contributed by atoms with E-state index in [1.165, 1.54) is 6.07 Å². The maximum absolute atomic E-state index is 10.9. The Morgan fingerprint density at radius 2 is 2.00 bits per heavy atom. The molecule has 6 heteroatoms. The first-order valence-electron chi connectivity index (χ1n) is 5.41. The van der Waals surface area contributed by atoms with Crippen molar-refractivity contribution in [3.63, 3.8) is 0 Å². The van der Waals surface area contributed by atoms with Crippen molar-refractivity contribution in [1.29, 1.82) is 0 Å². The molecule has 2 N–H and O–H groups in total. The zero-order valence-electron chi connectivity index (χ0n) is 9.95. The van der Waals surface area contributed by atoms with Gasteiger partial charge in [0, 0.05) is 0 Å². The summed E-state index contributed by atoms with van der Waals surface area (Å²) in [6.45, 7) is 1.85. The molecule has 0 saturated carbocycles. The Bertz CT molecular complexity index is 645. The van der Waals surface area contributed by atoms with E-state index < -0.39 is 5.97 Å². The van der Waals surface area contributed by atoms with Crippen molar-refractivity contribution in [3.8, 4) is 0 Å². The maximum atomic E-state index is 10.9. The number of aryl methyl sites for hydroxylation is 1. The van der Waals surface area contributed by atoms with Crippen LogP contribution in [0.2, 0.25) is 10.0 Å². The molecule has 1 heterocycles. The number of carboxylic acid groups (broad SMARTS) is 1. The number of hydrogen-bond donors (Lipinski definition) is 2. The van der Waals surface area contributed by atoms with Crippen LogP contribution in [0.15, 0.2) is 30.3 Å². The number of anilines is 2. The second kappa shape index (κ2) is 5.47. The van der Waals surface area contributed by atoms with Crippen molar-refractivity contribution in [1.82, 2.24) is 4.98 Å². The summed E-state index contributed by atoms with van der Waals surface area (Å²) in [5.74, 6) is -0.723. The van der Waals surface area contributed by atoms with Gasteiger partial charge in [-0.25, -0.2) is 9.78 Å². The zero-order chi connectivity index (χ0) is 14.0. The Hall–Kier alpha value is -1.78. The lowest BCUT2D eigenvalue weighted by molar-refractivity contribution is 0.0690. The van der Waals surface area contributed by atoms with Gasteiger partial charge in [0.2, 0.25) is 0 Å². The molecule has 0 saturated heterocycles. The summed E-state index contributed by atoms with van der Waals surface area (Å²) in [7, 11) is 0. The minimum atomic E-state index is -1.09. The first-order chi connectivity index (χ1) is 8.99.